The number of hydrogen-bond acceptors (Lipinski definition) is 3. The minimum atomic E-state index is -0.631. The van der Waals surface area contributed by atoms with Crippen LogP contribution in [0.3, 0.4) is 0 Å². The van der Waals surface area contributed by atoms with Crippen LogP contribution in [0.2, 0.25) is 0 Å². The molecular formula is C17H15N3O3. The Morgan fingerprint density at radius 1 is 1.04 bits per heavy atom. The molecule has 0 bridgehead atoms. The fraction of sp³-hybridized carbons (Fsp3) is 0.0588. The van der Waals surface area contributed by atoms with Crippen LogP contribution in [-0.2, 0) is 4.79 Å². The van der Waals surface area contributed by atoms with Crippen molar-refractivity contribution in [1.29, 1.82) is 0 Å². The molecule has 4 N–H and O–H groups in total. The van der Waals surface area contributed by atoms with E-state index in [-0.39, 0.29) is 0 Å². The zero-order valence-electron chi connectivity index (χ0n) is 12.1. The Kier molecular flexibility index (Phi) is 3.97. The molecule has 0 spiro atoms. The summed E-state index contributed by atoms with van der Waals surface area (Å²) in [6, 6.07) is 15.0. The van der Waals surface area contributed by atoms with Gasteiger partial charge in [0.1, 0.15) is 0 Å². The first-order valence-corrected chi connectivity index (χ1v) is 7.07. The summed E-state index contributed by atoms with van der Waals surface area (Å²) in [6.45, 7) is 0. The lowest BCUT2D eigenvalue weighted by Crippen LogP contribution is -2.31. The van der Waals surface area contributed by atoms with E-state index in [1.54, 1.807) is 36.4 Å². The Morgan fingerprint density at radius 3 is 2.52 bits per heavy atom. The monoisotopic (exact) mass is 309 g/mol. The van der Waals surface area contributed by atoms with Crippen LogP contribution in [0.4, 0.5) is 16.2 Å². The molecule has 6 heteroatoms. The van der Waals surface area contributed by atoms with Gasteiger partial charge in [-0.05, 0) is 24.3 Å². The maximum absolute atomic E-state index is 12.2. The Balaban J connectivity index is 1.83. The van der Waals surface area contributed by atoms with Gasteiger partial charge in [0.15, 0.2) is 5.76 Å². The quantitative estimate of drug-likeness (QED) is 0.687. The molecule has 0 saturated carbocycles. The minimum absolute atomic E-state index is 0.436. The zero-order valence-corrected chi connectivity index (χ0v) is 12.1. The number of hydrogen-bond donors (Lipinski definition) is 4. The standard InChI is InChI=1S/C17H15N3O3/c21-15-10-14(12-8-4-5-9-13(12)19-16(15)22)20-17(23)18-11-6-2-1-3-7-11/h1-10,14,21H,(H,19,22)(H2,18,20,23). The van der Waals surface area contributed by atoms with E-state index in [0.29, 0.717) is 16.9 Å². The second-order valence-electron chi connectivity index (χ2n) is 5.04. The molecule has 116 valence electrons. The van der Waals surface area contributed by atoms with Crippen molar-refractivity contribution in [2.24, 2.45) is 0 Å². The molecule has 0 saturated heterocycles. The van der Waals surface area contributed by atoms with Gasteiger partial charge in [0, 0.05) is 16.9 Å². The Labute approximate surface area is 132 Å². The van der Waals surface area contributed by atoms with Crippen molar-refractivity contribution in [3.05, 3.63) is 72.0 Å². The van der Waals surface area contributed by atoms with E-state index in [1.807, 2.05) is 18.2 Å². The SMILES string of the molecule is O=C(Nc1ccccc1)NC1C=C(O)C(=O)Nc2ccccc21. The van der Waals surface area contributed by atoms with Gasteiger partial charge >= 0.3 is 6.03 Å². The van der Waals surface area contributed by atoms with Crippen molar-refractivity contribution in [3.8, 4) is 0 Å². The summed E-state index contributed by atoms with van der Waals surface area (Å²) < 4.78 is 0. The van der Waals surface area contributed by atoms with Gasteiger partial charge in [0.2, 0.25) is 0 Å². The first-order chi connectivity index (χ1) is 11.1. The summed E-state index contributed by atoms with van der Waals surface area (Å²) in [7, 11) is 0. The van der Waals surface area contributed by atoms with Crippen LogP contribution in [0.25, 0.3) is 0 Å². The lowest BCUT2D eigenvalue weighted by molar-refractivity contribution is -0.115. The first kappa shape index (κ1) is 14.6. The average molecular weight is 309 g/mol. The third kappa shape index (κ3) is 3.32. The van der Waals surface area contributed by atoms with E-state index in [9.17, 15) is 14.7 Å². The minimum Gasteiger partial charge on any atom is -0.503 e. The number of carbonyl (C=O) groups excluding carboxylic acids is 2. The average Bonchev–Trinajstić information content (AvgIpc) is 2.66. The molecule has 0 aromatic heterocycles. The number of rotatable bonds is 2. The number of nitrogens with one attached hydrogen (secondary N) is 3. The highest BCUT2D eigenvalue weighted by molar-refractivity contribution is 6.03. The van der Waals surface area contributed by atoms with Gasteiger partial charge in [0.25, 0.3) is 5.91 Å². The third-order valence-corrected chi connectivity index (χ3v) is 3.42. The van der Waals surface area contributed by atoms with Gasteiger partial charge in [0.05, 0.1) is 6.04 Å². The molecule has 3 amide bonds. The maximum atomic E-state index is 12.2. The van der Waals surface area contributed by atoms with Gasteiger partial charge in [-0.1, -0.05) is 36.4 Å². The van der Waals surface area contributed by atoms with E-state index >= 15 is 0 Å². The van der Waals surface area contributed by atoms with Crippen LogP contribution < -0.4 is 16.0 Å². The van der Waals surface area contributed by atoms with Crippen molar-refractivity contribution < 1.29 is 14.7 Å². The molecule has 1 aliphatic heterocycles. The number of benzene rings is 2. The maximum Gasteiger partial charge on any atom is 0.319 e. The summed E-state index contributed by atoms with van der Waals surface area (Å²) in [5.74, 6) is -1.04. The zero-order chi connectivity index (χ0) is 16.2. The van der Waals surface area contributed by atoms with Crippen LogP contribution in [0.1, 0.15) is 11.6 Å². The van der Waals surface area contributed by atoms with Crippen molar-refractivity contribution in [1.82, 2.24) is 5.32 Å². The lowest BCUT2D eigenvalue weighted by Gasteiger charge is -2.17. The first-order valence-electron chi connectivity index (χ1n) is 7.07. The molecule has 1 heterocycles. The summed E-state index contributed by atoms with van der Waals surface area (Å²) in [5, 5.41) is 17.8. The molecule has 6 nitrogen and oxygen atoms in total. The predicted octanol–water partition coefficient (Wildman–Crippen LogP) is 2.94. The van der Waals surface area contributed by atoms with Gasteiger partial charge < -0.3 is 21.1 Å². The molecule has 1 atom stereocenters. The predicted molar refractivity (Wildman–Crippen MR) is 87.1 cm³/mol. The number of aliphatic hydroxyl groups is 1. The van der Waals surface area contributed by atoms with Crippen molar-refractivity contribution in [2.75, 3.05) is 10.6 Å². The molecule has 23 heavy (non-hydrogen) atoms. The number of carbonyl (C=O) groups is 2. The molecule has 0 radical (unpaired) electrons. The number of aliphatic hydroxyl groups excluding tert-OH is 1. The van der Waals surface area contributed by atoms with Gasteiger partial charge in [-0.2, -0.15) is 0 Å². The third-order valence-electron chi connectivity index (χ3n) is 3.42. The number of para-hydroxylation sites is 2. The molecular weight excluding hydrogens is 294 g/mol. The molecule has 2 aromatic rings. The summed E-state index contributed by atoms with van der Waals surface area (Å²) >= 11 is 0. The number of fused-ring (bicyclic) bond motifs is 1. The molecule has 1 aliphatic rings. The van der Waals surface area contributed by atoms with Crippen LogP contribution in [0, 0.1) is 0 Å². The van der Waals surface area contributed by atoms with E-state index in [4.69, 9.17) is 0 Å². The Morgan fingerprint density at radius 2 is 1.74 bits per heavy atom. The normalized spacial score (nSPS) is 16.4. The fourth-order valence-corrected chi connectivity index (χ4v) is 2.34. The van der Waals surface area contributed by atoms with Gasteiger partial charge in [-0.15, -0.1) is 0 Å². The largest absolute Gasteiger partial charge is 0.503 e. The van der Waals surface area contributed by atoms with Crippen molar-refractivity contribution in [2.45, 2.75) is 6.04 Å². The van der Waals surface area contributed by atoms with Gasteiger partial charge in [-0.3, -0.25) is 4.79 Å². The highest BCUT2D eigenvalue weighted by Gasteiger charge is 2.23. The van der Waals surface area contributed by atoms with Crippen molar-refractivity contribution in [3.63, 3.8) is 0 Å². The van der Waals surface area contributed by atoms with E-state index < -0.39 is 23.7 Å². The summed E-state index contributed by atoms with van der Waals surface area (Å²) in [6.07, 6.45) is 1.31. The van der Waals surface area contributed by atoms with E-state index in [1.165, 1.54) is 6.08 Å². The van der Waals surface area contributed by atoms with Crippen LogP contribution >= 0.6 is 0 Å². The molecule has 3 rings (SSSR count). The van der Waals surface area contributed by atoms with E-state index in [0.717, 1.165) is 0 Å². The highest BCUT2D eigenvalue weighted by atomic mass is 16.3. The molecule has 1 unspecified atom stereocenters. The second-order valence-corrected chi connectivity index (χ2v) is 5.04. The second kappa shape index (κ2) is 6.23. The number of urea groups is 1. The summed E-state index contributed by atoms with van der Waals surface area (Å²) in [5.41, 5.74) is 1.88. The molecule has 2 aromatic carbocycles. The smallest absolute Gasteiger partial charge is 0.319 e. The van der Waals surface area contributed by atoms with Crippen LogP contribution in [-0.4, -0.2) is 17.0 Å². The van der Waals surface area contributed by atoms with E-state index in [2.05, 4.69) is 16.0 Å². The topological polar surface area (TPSA) is 90.5 Å². The van der Waals surface area contributed by atoms with Gasteiger partial charge in [-0.25, -0.2) is 4.79 Å². The number of amides is 3. The van der Waals surface area contributed by atoms with Crippen LogP contribution in [0.5, 0.6) is 0 Å². The fourth-order valence-electron chi connectivity index (χ4n) is 2.34. The molecule has 0 aliphatic carbocycles. The highest BCUT2D eigenvalue weighted by Crippen LogP contribution is 2.27. The van der Waals surface area contributed by atoms with Crippen molar-refractivity contribution >= 4 is 23.3 Å². The molecule has 0 fully saturated rings. The van der Waals surface area contributed by atoms with Crippen LogP contribution in [0.15, 0.2) is 66.4 Å². The summed E-state index contributed by atoms with van der Waals surface area (Å²) in [4.78, 5) is 23.9. The number of anilines is 2. The Hall–Kier alpha value is -3.28. The Bertz CT molecular complexity index is 772. The lowest BCUT2D eigenvalue weighted by atomic mass is 10.1.